The van der Waals surface area contributed by atoms with Crippen molar-refractivity contribution in [3.8, 4) is 5.75 Å². The molecule has 2 aromatic rings. The molecule has 0 bridgehead atoms. The molecule has 1 aliphatic heterocycles. The summed E-state index contributed by atoms with van der Waals surface area (Å²) in [6.07, 6.45) is 0.164. The number of hydrogen-bond acceptors (Lipinski definition) is 4. The zero-order valence-electron chi connectivity index (χ0n) is 14.0. The summed E-state index contributed by atoms with van der Waals surface area (Å²) in [7, 11) is 0. The molecule has 5 nitrogen and oxygen atoms in total. The lowest BCUT2D eigenvalue weighted by molar-refractivity contribution is -0.139. The summed E-state index contributed by atoms with van der Waals surface area (Å²) in [6, 6.07) is 16.1. The SMILES string of the molecule is CC(=O)c1ccc(OC(=O)C2CC(=O)N(Cc3ccccc3)C2)cc1. The number of carbonyl (C=O) groups excluding carboxylic acids is 3. The second-order valence-electron chi connectivity index (χ2n) is 6.16. The zero-order valence-corrected chi connectivity index (χ0v) is 14.0. The minimum atomic E-state index is -0.469. The van der Waals surface area contributed by atoms with Gasteiger partial charge in [-0.05, 0) is 36.8 Å². The smallest absolute Gasteiger partial charge is 0.316 e. The number of carbonyl (C=O) groups is 3. The van der Waals surface area contributed by atoms with Crippen molar-refractivity contribution in [1.29, 1.82) is 0 Å². The second-order valence-corrected chi connectivity index (χ2v) is 6.16. The Morgan fingerprint density at radius 1 is 1.08 bits per heavy atom. The average Bonchev–Trinajstić information content (AvgIpc) is 2.97. The molecule has 1 amide bonds. The van der Waals surface area contributed by atoms with Gasteiger partial charge in [0.05, 0.1) is 5.92 Å². The molecular weight excluding hydrogens is 318 g/mol. The summed E-state index contributed by atoms with van der Waals surface area (Å²) < 4.78 is 5.35. The third-order valence-corrected chi connectivity index (χ3v) is 4.24. The molecule has 2 aromatic carbocycles. The molecule has 0 aromatic heterocycles. The standard InChI is InChI=1S/C20H19NO4/c1-14(22)16-7-9-18(10-8-16)25-20(24)17-11-19(23)21(13-17)12-15-5-3-2-4-6-15/h2-10,17H,11-13H2,1H3. The number of hydrogen-bond donors (Lipinski definition) is 0. The van der Waals surface area contributed by atoms with Crippen LogP contribution in [0.4, 0.5) is 0 Å². The lowest BCUT2D eigenvalue weighted by Crippen LogP contribution is -2.27. The molecule has 128 valence electrons. The highest BCUT2D eigenvalue weighted by atomic mass is 16.5. The maximum absolute atomic E-state index is 12.3. The Hall–Kier alpha value is -2.95. The number of likely N-dealkylation sites (tertiary alicyclic amines) is 1. The van der Waals surface area contributed by atoms with Crippen molar-refractivity contribution >= 4 is 17.7 Å². The number of ether oxygens (including phenoxy) is 1. The first-order valence-electron chi connectivity index (χ1n) is 8.17. The normalized spacial score (nSPS) is 16.8. The van der Waals surface area contributed by atoms with Gasteiger partial charge in [-0.25, -0.2) is 0 Å². The predicted molar refractivity (Wildman–Crippen MR) is 92.0 cm³/mol. The highest BCUT2D eigenvalue weighted by molar-refractivity contribution is 5.94. The van der Waals surface area contributed by atoms with Crippen molar-refractivity contribution in [3.63, 3.8) is 0 Å². The number of nitrogens with zero attached hydrogens (tertiary/aromatic N) is 1. The van der Waals surface area contributed by atoms with Gasteiger partial charge >= 0.3 is 5.97 Å². The fourth-order valence-electron chi connectivity index (χ4n) is 2.84. The van der Waals surface area contributed by atoms with Gasteiger partial charge in [-0.2, -0.15) is 0 Å². The van der Waals surface area contributed by atoms with Crippen LogP contribution in [0.2, 0.25) is 0 Å². The Balaban J connectivity index is 1.59. The largest absolute Gasteiger partial charge is 0.426 e. The van der Waals surface area contributed by atoms with Crippen molar-refractivity contribution in [1.82, 2.24) is 4.90 Å². The lowest BCUT2D eigenvalue weighted by atomic mass is 10.1. The molecule has 0 radical (unpaired) electrons. The molecule has 1 unspecified atom stereocenters. The Morgan fingerprint density at radius 2 is 1.76 bits per heavy atom. The van der Waals surface area contributed by atoms with E-state index < -0.39 is 11.9 Å². The topological polar surface area (TPSA) is 63.7 Å². The first-order valence-corrected chi connectivity index (χ1v) is 8.17. The molecule has 0 saturated carbocycles. The van der Waals surface area contributed by atoms with Crippen LogP contribution in [0.3, 0.4) is 0 Å². The van der Waals surface area contributed by atoms with Crippen LogP contribution in [-0.2, 0) is 16.1 Å². The predicted octanol–water partition coefficient (Wildman–Crippen LogP) is 2.84. The molecule has 25 heavy (non-hydrogen) atoms. The molecule has 0 aliphatic carbocycles. The number of rotatable bonds is 5. The average molecular weight is 337 g/mol. The molecule has 5 heteroatoms. The van der Waals surface area contributed by atoms with E-state index in [1.54, 1.807) is 29.2 Å². The van der Waals surface area contributed by atoms with E-state index >= 15 is 0 Å². The second kappa shape index (κ2) is 7.30. The van der Waals surface area contributed by atoms with Crippen LogP contribution < -0.4 is 4.74 Å². The first-order chi connectivity index (χ1) is 12.0. The van der Waals surface area contributed by atoms with Gasteiger partial charge in [0.15, 0.2) is 5.78 Å². The van der Waals surface area contributed by atoms with Gasteiger partial charge in [0.2, 0.25) is 5.91 Å². The number of ketones is 1. The van der Waals surface area contributed by atoms with Crippen LogP contribution in [0, 0.1) is 5.92 Å². The van der Waals surface area contributed by atoms with Gasteiger partial charge in [-0.15, -0.1) is 0 Å². The van der Waals surface area contributed by atoms with Crippen LogP contribution in [-0.4, -0.2) is 29.1 Å². The van der Waals surface area contributed by atoms with E-state index in [0.717, 1.165) is 5.56 Å². The van der Waals surface area contributed by atoms with Crippen LogP contribution >= 0.6 is 0 Å². The van der Waals surface area contributed by atoms with E-state index in [-0.39, 0.29) is 18.1 Å². The van der Waals surface area contributed by atoms with E-state index in [1.165, 1.54) is 6.92 Å². The Kier molecular flexibility index (Phi) is 4.93. The molecular formula is C20H19NO4. The van der Waals surface area contributed by atoms with Gasteiger partial charge in [0.25, 0.3) is 0 Å². The molecule has 1 saturated heterocycles. The van der Waals surface area contributed by atoms with E-state index in [9.17, 15) is 14.4 Å². The van der Waals surface area contributed by atoms with Crippen molar-refractivity contribution in [2.45, 2.75) is 19.9 Å². The third kappa shape index (κ3) is 4.12. The summed E-state index contributed by atoms with van der Waals surface area (Å²) >= 11 is 0. The highest BCUT2D eigenvalue weighted by Crippen LogP contribution is 2.23. The monoisotopic (exact) mass is 337 g/mol. The van der Waals surface area contributed by atoms with Gasteiger partial charge in [-0.1, -0.05) is 30.3 Å². The summed E-state index contributed by atoms with van der Waals surface area (Å²) in [5.41, 5.74) is 1.59. The molecule has 1 fully saturated rings. The zero-order chi connectivity index (χ0) is 17.8. The number of Topliss-reactive ketones (excluding diaryl/α,β-unsaturated/α-hetero) is 1. The van der Waals surface area contributed by atoms with E-state index in [4.69, 9.17) is 4.74 Å². The number of esters is 1. The van der Waals surface area contributed by atoms with Crippen molar-refractivity contribution < 1.29 is 19.1 Å². The van der Waals surface area contributed by atoms with Crippen molar-refractivity contribution in [2.24, 2.45) is 5.92 Å². The lowest BCUT2D eigenvalue weighted by Gasteiger charge is -2.16. The van der Waals surface area contributed by atoms with Crippen molar-refractivity contribution in [3.05, 3.63) is 65.7 Å². The molecule has 1 heterocycles. The summed E-state index contributed by atoms with van der Waals surface area (Å²) in [6.45, 7) is 2.33. The van der Waals surface area contributed by atoms with Crippen LogP contribution in [0.1, 0.15) is 29.3 Å². The van der Waals surface area contributed by atoms with Crippen LogP contribution in [0.15, 0.2) is 54.6 Å². The summed E-state index contributed by atoms with van der Waals surface area (Å²) in [5.74, 6) is -0.597. The fraction of sp³-hybridized carbons (Fsp3) is 0.250. The van der Waals surface area contributed by atoms with Gasteiger partial charge in [-0.3, -0.25) is 14.4 Å². The minimum Gasteiger partial charge on any atom is -0.426 e. The van der Waals surface area contributed by atoms with Gasteiger partial charge in [0.1, 0.15) is 5.75 Å². The van der Waals surface area contributed by atoms with Crippen molar-refractivity contribution in [2.75, 3.05) is 6.54 Å². The summed E-state index contributed by atoms with van der Waals surface area (Å²) in [4.78, 5) is 37.4. The minimum absolute atomic E-state index is 0.0438. The van der Waals surface area contributed by atoms with Crippen LogP contribution in [0.25, 0.3) is 0 Å². The quantitative estimate of drug-likeness (QED) is 0.478. The maximum atomic E-state index is 12.3. The third-order valence-electron chi connectivity index (χ3n) is 4.24. The van der Waals surface area contributed by atoms with E-state index in [2.05, 4.69) is 0 Å². The van der Waals surface area contributed by atoms with E-state index in [1.807, 2.05) is 30.3 Å². The number of amides is 1. The van der Waals surface area contributed by atoms with E-state index in [0.29, 0.717) is 24.4 Å². The fourth-order valence-corrected chi connectivity index (χ4v) is 2.84. The van der Waals surface area contributed by atoms with Gasteiger partial charge < -0.3 is 9.64 Å². The Labute approximate surface area is 146 Å². The Morgan fingerprint density at radius 3 is 2.40 bits per heavy atom. The maximum Gasteiger partial charge on any atom is 0.316 e. The number of benzene rings is 2. The first kappa shape index (κ1) is 16.9. The summed E-state index contributed by atoms with van der Waals surface area (Å²) in [5, 5.41) is 0. The molecule has 3 rings (SSSR count). The highest BCUT2D eigenvalue weighted by Gasteiger charge is 2.35. The molecule has 0 spiro atoms. The molecule has 0 N–H and O–H groups in total. The molecule has 1 atom stereocenters. The van der Waals surface area contributed by atoms with Crippen LogP contribution in [0.5, 0.6) is 5.75 Å². The molecule has 1 aliphatic rings. The van der Waals surface area contributed by atoms with Gasteiger partial charge in [0, 0.05) is 25.1 Å². The Bertz CT molecular complexity index is 783.